The Hall–Kier alpha value is -1.45. The van der Waals surface area contributed by atoms with E-state index in [1.807, 2.05) is 0 Å². The summed E-state index contributed by atoms with van der Waals surface area (Å²) in [7, 11) is -2.17. The van der Waals surface area contributed by atoms with Crippen molar-refractivity contribution in [2.75, 3.05) is 19.0 Å². The second kappa shape index (κ2) is 8.16. The van der Waals surface area contributed by atoms with E-state index >= 15 is 4.39 Å². The number of aryl methyl sites for hydroxylation is 1. The van der Waals surface area contributed by atoms with Crippen LogP contribution >= 0.6 is 0 Å². The summed E-state index contributed by atoms with van der Waals surface area (Å²) in [5.41, 5.74) is -0.216. The zero-order valence-electron chi connectivity index (χ0n) is 19.2. The first kappa shape index (κ1) is 22.7. The van der Waals surface area contributed by atoms with Crippen LogP contribution in [0, 0.1) is 6.92 Å². The molecule has 0 saturated carbocycles. The van der Waals surface area contributed by atoms with Crippen LogP contribution in [-0.2, 0) is 17.7 Å². The van der Waals surface area contributed by atoms with Crippen molar-refractivity contribution in [3.05, 3.63) is 12.2 Å². The van der Waals surface area contributed by atoms with E-state index in [2.05, 4.69) is 48.0 Å². The minimum absolute atomic E-state index is 0.236. The van der Waals surface area contributed by atoms with E-state index in [1.54, 1.807) is 24.9 Å². The highest BCUT2D eigenvalue weighted by atomic mass is 28.4. The Morgan fingerprint density at radius 2 is 2.00 bits per heavy atom. The summed E-state index contributed by atoms with van der Waals surface area (Å²) in [5, 5.41) is 3.02. The maximum absolute atomic E-state index is 16.2. The van der Waals surface area contributed by atoms with E-state index in [0.29, 0.717) is 22.8 Å². The molecular weight excluding hydrogens is 437 g/mol. The van der Waals surface area contributed by atoms with Gasteiger partial charge in [0.25, 0.3) is 10.0 Å². The number of alkyl halides is 1. The van der Waals surface area contributed by atoms with Crippen molar-refractivity contribution in [2.24, 2.45) is 0 Å². The van der Waals surface area contributed by atoms with Crippen LogP contribution in [0.1, 0.15) is 46.7 Å². The maximum atomic E-state index is 16.2. The number of halogens is 1. The van der Waals surface area contributed by atoms with E-state index in [4.69, 9.17) is 17.7 Å². The van der Waals surface area contributed by atoms with Crippen LogP contribution in [0.4, 0.5) is 10.2 Å². The zero-order chi connectivity index (χ0) is 22.6. The van der Waals surface area contributed by atoms with Gasteiger partial charge in [0.2, 0.25) is 0 Å². The molecule has 2 aliphatic rings. The maximum Gasteiger partial charge on any atom is 0.334 e. The highest BCUT2D eigenvalue weighted by Crippen LogP contribution is 2.46. The molecule has 0 bridgehead atoms. The van der Waals surface area contributed by atoms with Gasteiger partial charge in [-0.2, -0.15) is 0 Å². The van der Waals surface area contributed by atoms with Gasteiger partial charge in [-0.15, -0.1) is 0 Å². The first-order valence-electron chi connectivity index (χ1n) is 10.7. The lowest BCUT2D eigenvalue weighted by atomic mass is 9.98. The second-order valence-electron chi connectivity index (χ2n) is 9.06. The van der Waals surface area contributed by atoms with Crippen LogP contribution < -0.4 is 5.32 Å². The molecule has 2 fully saturated rings. The van der Waals surface area contributed by atoms with Gasteiger partial charge in [0.1, 0.15) is 18.0 Å². The molecule has 2 aliphatic heterocycles. The monoisotopic (exact) mass is 469 g/mol. The number of rotatable bonds is 4. The smallest absolute Gasteiger partial charge is 0.334 e. The molecule has 0 aliphatic carbocycles. The summed E-state index contributed by atoms with van der Waals surface area (Å²) in [5.74, 6) is 1.16. The van der Waals surface area contributed by atoms with Gasteiger partial charge >= 0.3 is 8.56 Å². The van der Waals surface area contributed by atoms with E-state index in [-0.39, 0.29) is 17.7 Å². The van der Waals surface area contributed by atoms with Crippen molar-refractivity contribution >= 4 is 35.5 Å². The van der Waals surface area contributed by atoms with E-state index in [1.165, 1.54) is 6.92 Å². The van der Waals surface area contributed by atoms with Gasteiger partial charge in [-0.3, -0.25) is 4.57 Å². The fraction of sp³-hybridized carbons (Fsp3) is 0.737. The highest BCUT2D eigenvalue weighted by molar-refractivity contribution is 6.73. The number of hydrogen-bond acceptors (Lipinski definition) is 8. The Kier molecular flexibility index (Phi) is 5.98. The van der Waals surface area contributed by atoms with E-state index < -0.39 is 42.7 Å². The molecule has 172 valence electrons. The Balaban J connectivity index is 1.68. The molecule has 12 heteroatoms. The Bertz CT molecular complexity index is 949. The SMILES string of the molecule is CNc1nc(C)nc2c1ncn2[C@@H]1O[C@@H]2CO[Si](C(C)C)(C(C)C)O[SiH2]O[C@H]2[C@@]1(C)F. The van der Waals surface area contributed by atoms with Gasteiger partial charge in [-0.25, -0.2) is 19.3 Å². The molecule has 4 rings (SSSR count). The summed E-state index contributed by atoms with van der Waals surface area (Å²) in [6.45, 7) is 12.0. The first-order chi connectivity index (χ1) is 14.6. The normalized spacial score (nSPS) is 31.9. The van der Waals surface area contributed by atoms with Crippen molar-refractivity contribution < 1.29 is 22.1 Å². The molecule has 0 amide bonds. The van der Waals surface area contributed by atoms with Crippen molar-refractivity contribution in [1.82, 2.24) is 19.5 Å². The lowest BCUT2D eigenvalue weighted by molar-refractivity contribution is -0.0579. The number of aromatic nitrogens is 4. The van der Waals surface area contributed by atoms with Gasteiger partial charge in [0, 0.05) is 7.05 Å². The summed E-state index contributed by atoms with van der Waals surface area (Å²) < 4.78 is 42.9. The molecular formula is C19H32FN5O4Si2. The van der Waals surface area contributed by atoms with Crippen LogP contribution in [0.25, 0.3) is 11.2 Å². The number of nitrogens with one attached hydrogen (secondary N) is 1. The van der Waals surface area contributed by atoms with Crippen LogP contribution in [0.15, 0.2) is 6.33 Å². The standard InChI is InChI=1S/C19H32FN5O4Si2/c1-10(2)31(11(3)4)26-8-13-15(28-30-29-31)19(6,20)18(27-13)25-9-22-14-16(21-7)23-12(5)24-17(14)25/h9-11,13,15,18H,8,30H2,1-7H3,(H,21,23,24)/t13-,15-,18-,19-/m1/s1. The summed E-state index contributed by atoms with van der Waals surface area (Å²) >= 11 is 0. The summed E-state index contributed by atoms with van der Waals surface area (Å²) in [6, 6.07) is 0. The number of hydrogen-bond donors (Lipinski definition) is 1. The lowest BCUT2D eigenvalue weighted by Gasteiger charge is -2.41. The molecule has 0 radical (unpaired) electrons. The number of ether oxygens (including phenoxy) is 1. The molecule has 2 saturated heterocycles. The third kappa shape index (κ3) is 3.62. The minimum atomic E-state index is -2.49. The average molecular weight is 470 g/mol. The predicted molar refractivity (Wildman–Crippen MR) is 119 cm³/mol. The van der Waals surface area contributed by atoms with Gasteiger partial charge in [-0.1, -0.05) is 27.7 Å². The van der Waals surface area contributed by atoms with Crippen LogP contribution in [0.3, 0.4) is 0 Å². The molecule has 2 aromatic heterocycles. The third-order valence-electron chi connectivity index (χ3n) is 6.32. The fourth-order valence-electron chi connectivity index (χ4n) is 4.77. The number of anilines is 1. The molecule has 0 aromatic carbocycles. The van der Waals surface area contributed by atoms with Crippen molar-refractivity contribution in [3.63, 3.8) is 0 Å². The average Bonchev–Trinajstić information content (AvgIpc) is 3.19. The van der Waals surface area contributed by atoms with Gasteiger partial charge in [0.05, 0.1) is 12.9 Å². The Morgan fingerprint density at radius 3 is 2.65 bits per heavy atom. The Morgan fingerprint density at radius 1 is 1.29 bits per heavy atom. The highest BCUT2D eigenvalue weighted by Gasteiger charge is 2.59. The van der Waals surface area contributed by atoms with E-state index in [0.717, 1.165) is 0 Å². The molecule has 4 atom stereocenters. The zero-order valence-corrected chi connectivity index (χ0v) is 21.6. The predicted octanol–water partition coefficient (Wildman–Crippen LogP) is 2.50. The first-order valence-corrected chi connectivity index (χ1v) is 13.9. The molecule has 31 heavy (non-hydrogen) atoms. The topological polar surface area (TPSA) is 92.6 Å². The largest absolute Gasteiger partial charge is 0.419 e. The van der Waals surface area contributed by atoms with Gasteiger partial charge < -0.3 is 23.0 Å². The molecule has 0 spiro atoms. The molecule has 1 N–H and O–H groups in total. The minimum Gasteiger partial charge on any atom is -0.419 e. The fourth-order valence-corrected chi connectivity index (χ4v) is 11.9. The third-order valence-corrected chi connectivity index (χ3v) is 12.9. The molecule has 4 heterocycles. The lowest BCUT2D eigenvalue weighted by Crippen LogP contribution is -2.55. The Labute approximate surface area is 185 Å². The molecule has 9 nitrogen and oxygen atoms in total. The number of fused-ring (bicyclic) bond motifs is 2. The van der Waals surface area contributed by atoms with Crippen LogP contribution in [0.2, 0.25) is 11.1 Å². The van der Waals surface area contributed by atoms with Crippen LogP contribution in [-0.4, -0.2) is 69.6 Å². The van der Waals surface area contributed by atoms with Crippen molar-refractivity contribution in [2.45, 2.75) is 76.7 Å². The summed E-state index contributed by atoms with van der Waals surface area (Å²) in [6.07, 6.45) is -0.710. The molecule has 2 aromatic rings. The van der Waals surface area contributed by atoms with Crippen LogP contribution in [0.5, 0.6) is 0 Å². The van der Waals surface area contributed by atoms with Gasteiger partial charge in [0.15, 0.2) is 28.9 Å². The van der Waals surface area contributed by atoms with Crippen molar-refractivity contribution in [3.8, 4) is 0 Å². The second-order valence-corrected chi connectivity index (χ2v) is 14.8. The number of imidazole rings is 1. The van der Waals surface area contributed by atoms with Crippen molar-refractivity contribution in [1.29, 1.82) is 0 Å². The summed E-state index contributed by atoms with van der Waals surface area (Å²) in [4.78, 5) is 13.3. The van der Waals surface area contributed by atoms with Gasteiger partial charge in [-0.05, 0) is 24.9 Å². The van der Waals surface area contributed by atoms with E-state index in [9.17, 15) is 0 Å². The number of nitrogens with zero attached hydrogens (tertiary/aromatic N) is 4. The molecule has 0 unspecified atom stereocenters. The quantitative estimate of drug-likeness (QED) is 0.683.